The van der Waals surface area contributed by atoms with E-state index in [1.807, 2.05) is 6.07 Å². The summed E-state index contributed by atoms with van der Waals surface area (Å²) >= 11 is 0. The van der Waals surface area contributed by atoms with Gasteiger partial charge in [-0.2, -0.15) is 0 Å². The first-order valence-electron chi connectivity index (χ1n) is 7.01. The van der Waals surface area contributed by atoms with Crippen LogP contribution in [0, 0.1) is 5.92 Å². The van der Waals surface area contributed by atoms with E-state index in [0.717, 1.165) is 23.1 Å². The number of hydrogen-bond acceptors (Lipinski definition) is 3. The molecule has 0 amide bonds. The molecule has 3 nitrogen and oxygen atoms in total. The highest BCUT2D eigenvalue weighted by Gasteiger charge is 2.23. The van der Waals surface area contributed by atoms with Gasteiger partial charge >= 0.3 is 0 Å². The van der Waals surface area contributed by atoms with Gasteiger partial charge in [0.1, 0.15) is 13.2 Å². The van der Waals surface area contributed by atoms with Crippen LogP contribution in [0.15, 0.2) is 18.2 Å². The maximum atomic E-state index is 5.61. The zero-order valence-corrected chi connectivity index (χ0v) is 10.9. The molecule has 1 aliphatic heterocycles. The Kier molecular flexibility index (Phi) is 3.31. The van der Waals surface area contributed by atoms with Crippen LogP contribution in [-0.4, -0.2) is 19.3 Å². The van der Waals surface area contributed by atoms with Crippen molar-refractivity contribution >= 4 is 5.69 Å². The minimum atomic E-state index is 0.623. The molecule has 0 saturated heterocycles. The summed E-state index contributed by atoms with van der Waals surface area (Å²) < 4.78 is 11.1. The zero-order chi connectivity index (χ0) is 12.4. The number of benzene rings is 1. The van der Waals surface area contributed by atoms with Crippen LogP contribution in [0.4, 0.5) is 5.69 Å². The topological polar surface area (TPSA) is 30.5 Å². The van der Waals surface area contributed by atoms with Crippen molar-refractivity contribution < 1.29 is 9.47 Å². The third kappa shape index (κ3) is 2.40. The summed E-state index contributed by atoms with van der Waals surface area (Å²) in [4.78, 5) is 0. The molecule has 0 aromatic heterocycles. The Hall–Kier alpha value is -1.38. The van der Waals surface area contributed by atoms with Crippen molar-refractivity contribution in [3.05, 3.63) is 18.2 Å². The van der Waals surface area contributed by atoms with Crippen LogP contribution >= 0.6 is 0 Å². The van der Waals surface area contributed by atoms with Crippen molar-refractivity contribution in [3.8, 4) is 11.5 Å². The van der Waals surface area contributed by atoms with Crippen LogP contribution in [-0.2, 0) is 0 Å². The molecule has 3 heteroatoms. The highest BCUT2D eigenvalue weighted by molar-refractivity contribution is 5.55. The number of hydrogen-bond donors (Lipinski definition) is 1. The molecule has 18 heavy (non-hydrogen) atoms. The fourth-order valence-electron chi connectivity index (χ4n) is 2.95. The molecular weight excluding hydrogens is 226 g/mol. The van der Waals surface area contributed by atoms with E-state index in [4.69, 9.17) is 9.47 Å². The molecule has 1 N–H and O–H groups in total. The van der Waals surface area contributed by atoms with Gasteiger partial charge in [0, 0.05) is 17.8 Å². The number of ether oxygens (including phenoxy) is 2. The standard InChI is InChI=1S/C15H21NO2/c1-2-11-3-4-12(9-11)16-13-5-6-14-15(10-13)18-8-7-17-14/h5-6,10-12,16H,2-4,7-9H2,1H3. The summed E-state index contributed by atoms with van der Waals surface area (Å²) in [5.74, 6) is 2.64. The summed E-state index contributed by atoms with van der Waals surface area (Å²) in [5, 5.41) is 3.62. The lowest BCUT2D eigenvalue weighted by atomic mass is 10.1. The Morgan fingerprint density at radius 1 is 1.17 bits per heavy atom. The van der Waals surface area contributed by atoms with Crippen LogP contribution in [0.25, 0.3) is 0 Å². The first kappa shape index (κ1) is 11.7. The summed E-state index contributed by atoms with van der Waals surface area (Å²) in [6.07, 6.45) is 5.25. The molecule has 98 valence electrons. The largest absolute Gasteiger partial charge is 0.486 e. The molecule has 1 aliphatic carbocycles. The number of nitrogens with one attached hydrogen (secondary N) is 1. The maximum absolute atomic E-state index is 5.61. The molecule has 0 bridgehead atoms. The first-order chi connectivity index (χ1) is 8.85. The van der Waals surface area contributed by atoms with Crippen LogP contribution in [0.5, 0.6) is 11.5 Å². The van der Waals surface area contributed by atoms with Gasteiger partial charge in [-0.3, -0.25) is 0 Å². The van der Waals surface area contributed by atoms with Crippen molar-refractivity contribution in [1.29, 1.82) is 0 Å². The Labute approximate surface area is 108 Å². The van der Waals surface area contributed by atoms with Gasteiger partial charge < -0.3 is 14.8 Å². The lowest BCUT2D eigenvalue weighted by Crippen LogP contribution is -2.17. The smallest absolute Gasteiger partial charge is 0.163 e. The molecule has 2 atom stereocenters. The normalized spacial score (nSPS) is 26.1. The summed E-state index contributed by atoms with van der Waals surface area (Å²) in [7, 11) is 0. The van der Waals surface area contributed by atoms with E-state index in [9.17, 15) is 0 Å². The second-order valence-electron chi connectivity index (χ2n) is 5.29. The van der Waals surface area contributed by atoms with Crippen molar-refractivity contribution in [2.75, 3.05) is 18.5 Å². The highest BCUT2D eigenvalue weighted by atomic mass is 16.6. The Morgan fingerprint density at radius 2 is 2.00 bits per heavy atom. The molecule has 1 aromatic rings. The van der Waals surface area contributed by atoms with Gasteiger partial charge in [0.25, 0.3) is 0 Å². The van der Waals surface area contributed by atoms with Crippen molar-refractivity contribution in [2.24, 2.45) is 5.92 Å². The van der Waals surface area contributed by atoms with Gasteiger partial charge in [-0.05, 0) is 37.3 Å². The van der Waals surface area contributed by atoms with Gasteiger partial charge in [-0.15, -0.1) is 0 Å². The number of fused-ring (bicyclic) bond motifs is 1. The average Bonchev–Trinajstić information content (AvgIpc) is 2.86. The maximum Gasteiger partial charge on any atom is 0.163 e. The predicted molar refractivity (Wildman–Crippen MR) is 72.5 cm³/mol. The average molecular weight is 247 g/mol. The first-order valence-corrected chi connectivity index (χ1v) is 7.01. The monoisotopic (exact) mass is 247 g/mol. The van der Waals surface area contributed by atoms with Crippen LogP contribution in [0.1, 0.15) is 32.6 Å². The molecule has 3 rings (SSSR count). The van der Waals surface area contributed by atoms with Gasteiger partial charge in [0.15, 0.2) is 11.5 Å². The molecule has 1 saturated carbocycles. The third-order valence-corrected chi connectivity index (χ3v) is 4.03. The molecule has 1 fully saturated rings. The molecule has 0 radical (unpaired) electrons. The molecule has 0 spiro atoms. The molecule has 2 aliphatic rings. The van der Waals surface area contributed by atoms with Gasteiger partial charge in [0.2, 0.25) is 0 Å². The van der Waals surface area contributed by atoms with E-state index >= 15 is 0 Å². The van der Waals surface area contributed by atoms with Gasteiger partial charge in [-0.1, -0.05) is 13.3 Å². The van der Waals surface area contributed by atoms with Gasteiger partial charge in [-0.25, -0.2) is 0 Å². The van der Waals surface area contributed by atoms with Crippen molar-refractivity contribution in [1.82, 2.24) is 0 Å². The predicted octanol–water partition coefficient (Wildman–Crippen LogP) is 3.45. The van der Waals surface area contributed by atoms with E-state index in [0.29, 0.717) is 19.3 Å². The van der Waals surface area contributed by atoms with Crippen molar-refractivity contribution in [3.63, 3.8) is 0 Å². The van der Waals surface area contributed by atoms with E-state index in [1.54, 1.807) is 0 Å². The number of anilines is 1. The van der Waals surface area contributed by atoms with E-state index in [2.05, 4.69) is 24.4 Å². The Morgan fingerprint density at radius 3 is 2.78 bits per heavy atom. The molecular formula is C15H21NO2. The van der Waals surface area contributed by atoms with Crippen LogP contribution in [0.2, 0.25) is 0 Å². The number of rotatable bonds is 3. The Balaban J connectivity index is 1.66. The highest BCUT2D eigenvalue weighted by Crippen LogP contribution is 2.35. The molecule has 1 heterocycles. The van der Waals surface area contributed by atoms with Crippen LogP contribution in [0.3, 0.4) is 0 Å². The SMILES string of the molecule is CCC1CCC(Nc2ccc3c(c2)OCCO3)C1. The van der Waals surface area contributed by atoms with E-state index in [1.165, 1.54) is 25.7 Å². The zero-order valence-electron chi connectivity index (χ0n) is 10.9. The quantitative estimate of drug-likeness (QED) is 0.887. The summed E-state index contributed by atoms with van der Waals surface area (Å²) in [5.41, 5.74) is 1.15. The van der Waals surface area contributed by atoms with E-state index in [-0.39, 0.29) is 0 Å². The second kappa shape index (κ2) is 5.09. The lowest BCUT2D eigenvalue weighted by molar-refractivity contribution is 0.171. The minimum absolute atomic E-state index is 0.623. The summed E-state index contributed by atoms with van der Waals surface area (Å²) in [6.45, 7) is 3.59. The summed E-state index contributed by atoms with van der Waals surface area (Å²) in [6, 6.07) is 6.78. The van der Waals surface area contributed by atoms with Crippen molar-refractivity contribution in [2.45, 2.75) is 38.6 Å². The molecule has 1 aromatic carbocycles. The van der Waals surface area contributed by atoms with Gasteiger partial charge in [0.05, 0.1) is 0 Å². The van der Waals surface area contributed by atoms with E-state index < -0.39 is 0 Å². The fraction of sp³-hybridized carbons (Fsp3) is 0.600. The second-order valence-corrected chi connectivity index (χ2v) is 5.29. The molecule has 2 unspecified atom stereocenters. The Bertz CT molecular complexity index is 419. The fourth-order valence-corrected chi connectivity index (χ4v) is 2.95. The third-order valence-electron chi connectivity index (χ3n) is 4.03. The lowest BCUT2D eigenvalue weighted by Gasteiger charge is -2.20. The minimum Gasteiger partial charge on any atom is -0.486 e. The van der Waals surface area contributed by atoms with Crippen LogP contribution < -0.4 is 14.8 Å².